The SMILES string of the molecule is Cn1cc(-c2ccnc3cc(-c4cccc(NC(=O)O[C@H]5CCCN5)c4)oc23)cn1. The predicted octanol–water partition coefficient (Wildman–Crippen LogP) is 4.15. The molecule has 0 radical (unpaired) electrons. The Labute approximate surface area is 172 Å². The van der Waals surface area contributed by atoms with Gasteiger partial charge in [0.2, 0.25) is 0 Å². The van der Waals surface area contributed by atoms with Crippen LogP contribution in [0.3, 0.4) is 0 Å². The molecule has 4 aromatic rings. The Morgan fingerprint density at radius 3 is 3.03 bits per heavy atom. The Balaban J connectivity index is 1.41. The highest BCUT2D eigenvalue weighted by molar-refractivity contribution is 5.92. The van der Waals surface area contributed by atoms with Crippen molar-refractivity contribution >= 4 is 22.9 Å². The number of anilines is 1. The van der Waals surface area contributed by atoms with Crippen molar-refractivity contribution in [2.75, 3.05) is 11.9 Å². The largest absolute Gasteiger partial charge is 0.454 e. The van der Waals surface area contributed by atoms with Crippen molar-refractivity contribution in [3.05, 3.63) is 55.0 Å². The van der Waals surface area contributed by atoms with E-state index >= 15 is 0 Å². The molecule has 8 heteroatoms. The maximum absolute atomic E-state index is 12.1. The van der Waals surface area contributed by atoms with Crippen LogP contribution in [0.5, 0.6) is 0 Å². The average Bonchev–Trinajstić information content (AvgIpc) is 3.48. The fourth-order valence-electron chi connectivity index (χ4n) is 3.65. The number of nitrogens with one attached hydrogen (secondary N) is 2. The molecule has 0 saturated carbocycles. The molecule has 1 saturated heterocycles. The third-order valence-electron chi connectivity index (χ3n) is 5.09. The molecule has 0 spiro atoms. The van der Waals surface area contributed by atoms with Crippen LogP contribution < -0.4 is 10.6 Å². The van der Waals surface area contributed by atoms with Gasteiger partial charge in [-0.15, -0.1) is 0 Å². The highest BCUT2D eigenvalue weighted by atomic mass is 16.6. The van der Waals surface area contributed by atoms with E-state index in [1.165, 1.54) is 0 Å². The van der Waals surface area contributed by atoms with E-state index < -0.39 is 6.09 Å². The van der Waals surface area contributed by atoms with Crippen LogP contribution >= 0.6 is 0 Å². The molecule has 4 heterocycles. The van der Waals surface area contributed by atoms with Gasteiger partial charge in [-0.05, 0) is 37.6 Å². The molecule has 1 aromatic carbocycles. The number of nitrogens with zero attached hydrogens (tertiary/aromatic N) is 3. The van der Waals surface area contributed by atoms with E-state index in [1.54, 1.807) is 17.1 Å². The molecule has 8 nitrogen and oxygen atoms in total. The minimum atomic E-state index is -0.475. The predicted molar refractivity (Wildman–Crippen MR) is 113 cm³/mol. The van der Waals surface area contributed by atoms with E-state index in [4.69, 9.17) is 9.15 Å². The smallest absolute Gasteiger partial charge is 0.413 e. The van der Waals surface area contributed by atoms with Gasteiger partial charge < -0.3 is 9.15 Å². The van der Waals surface area contributed by atoms with Crippen LogP contribution in [0.2, 0.25) is 0 Å². The lowest BCUT2D eigenvalue weighted by Crippen LogP contribution is -2.29. The Bertz CT molecular complexity index is 1210. The Morgan fingerprint density at radius 1 is 1.30 bits per heavy atom. The number of rotatable bonds is 4. The Hall–Kier alpha value is -3.65. The molecule has 0 unspecified atom stereocenters. The molecule has 1 atom stereocenters. The molecule has 1 amide bonds. The van der Waals surface area contributed by atoms with E-state index in [-0.39, 0.29) is 6.23 Å². The summed E-state index contributed by atoms with van der Waals surface area (Å²) >= 11 is 0. The van der Waals surface area contributed by atoms with Gasteiger partial charge in [-0.3, -0.25) is 20.3 Å². The summed E-state index contributed by atoms with van der Waals surface area (Å²) in [4.78, 5) is 16.6. The van der Waals surface area contributed by atoms with Gasteiger partial charge in [0.1, 0.15) is 11.3 Å². The van der Waals surface area contributed by atoms with Crippen LogP contribution in [0.1, 0.15) is 12.8 Å². The number of furan rings is 1. The zero-order valence-corrected chi connectivity index (χ0v) is 16.5. The standard InChI is InChI=1S/C22H21N5O3/c1-27-13-15(12-25-27)17-7-9-23-18-11-19(29-21(17)18)14-4-2-5-16(10-14)26-22(28)30-20-6-3-8-24-20/h2,4-5,7,9-13,20,24H,3,6,8H2,1H3,(H,26,28)/t20-/m0/s1. The molecule has 3 aromatic heterocycles. The zero-order chi connectivity index (χ0) is 20.5. The maximum atomic E-state index is 12.1. The van der Waals surface area contributed by atoms with E-state index in [9.17, 15) is 4.79 Å². The molecule has 1 aliphatic rings. The first-order chi connectivity index (χ1) is 14.7. The highest BCUT2D eigenvalue weighted by Crippen LogP contribution is 2.34. The first-order valence-corrected chi connectivity index (χ1v) is 9.85. The fraction of sp³-hybridized carbons (Fsp3) is 0.227. The van der Waals surface area contributed by atoms with Gasteiger partial charge in [-0.1, -0.05) is 12.1 Å². The third-order valence-corrected chi connectivity index (χ3v) is 5.09. The quantitative estimate of drug-likeness (QED) is 0.532. The normalized spacial score (nSPS) is 16.1. The summed E-state index contributed by atoms with van der Waals surface area (Å²) in [6.45, 7) is 0.870. The van der Waals surface area contributed by atoms with E-state index in [1.807, 2.05) is 49.6 Å². The van der Waals surface area contributed by atoms with Crippen molar-refractivity contribution in [1.29, 1.82) is 0 Å². The van der Waals surface area contributed by atoms with E-state index in [2.05, 4.69) is 20.7 Å². The summed E-state index contributed by atoms with van der Waals surface area (Å²) < 4.78 is 13.3. The lowest BCUT2D eigenvalue weighted by atomic mass is 10.1. The first-order valence-electron chi connectivity index (χ1n) is 9.85. The van der Waals surface area contributed by atoms with Crippen LogP contribution in [0.15, 0.2) is 59.4 Å². The van der Waals surface area contributed by atoms with Gasteiger partial charge in [0, 0.05) is 47.9 Å². The van der Waals surface area contributed by atoms with Crippen LogP contribution in [-0.2, 0) is 11.8 Å². The monoisotopic (exact) mass is 403 g/mol. The van der Waals surface area contributed by atoms with Crippen molar-refractivity contribution in [2.45, 2.75) is 19.1 Å². The number of pyridine rings is 1. The summed E-state index contributed by atoms with van der Waals surface area (Å²) in [6, 6.07) is 11.3. The number of benzene rings is 1. The average molecular weight is 403 g/mol. The minimum absolute atomic E-state index is 0.222. The molecule has 30 heavy (non-hydrogen) atoms. The molecule has 1 aliphatic heterocycles. The van der Waals surface area contributed by atoms with Gasteiger partial charge in [0.25, 0.3) is 0 Å². The fourth-order valence-corrected chi connectivity index (χ4v) is 3.65. The van der Waals surface area contributed by atoms with Gasteiger partial charge in [-0.25, -0.2) is 4.79 Å². The summed E-state index contributed by atoms with van der Waals surface area (Å²) in [7, 11) is 1.88. The Kier molecular flexibility index (Phi) is 4.68. The van der Waals surface area contributed by atoms with Crippen molar-refractivity contribution in [3.8, 4) is 22.5 Å². The highest BCUT2D eigenvalue weighted by Gasteiger charge is 2.19. The number of aromatic nitrogens is 3. The molecule has 0 aliphatic carbocycles. The number of ether oxygens (including phenoxy) is 1. The number of hydrogen-bond donors (Lipinski definition) is 2. The van der Waals surface area contributed by atoms with Crippen LogP contribution in [0, 0.1) is 0 Å². The van der Waals surface area contributed by atoms with Gasteiger partial charge in [0.05, 0.1) is 6.20 Å². The number of carbonyl (C=O) groups is 1. The van der Waals surface area contributed by atoms with Crippen LogP contribution in [-0.4, -0.2) is 33.6 Å². The number of hydrogen-bond acceptors (Lipinski definition) is 6. The van der Waals surface area contributed by atoms with Crippen LogP contribution in [0.4, 0.5) is 10.5 Å². The third kappa shape index (κ3) is 3.65. The maximum Gasteiger partial charge on any atom is 0.413 e. The number of aryl methyl sites for hydroxylation is 1. The second kappa shape index (κ2) is 7.64. The van der Waals surface area contributed by atoms with Crippen molar-refractivity contribution < 1.29 is 13.9 Å². The van der Waals surface area contributed by atoms with Gasteiger partial charge >= 0.3 is 6.09 Å². The van der Waals surface area contributed by atoms with Gasteiger partial charge in [-0.2, -0.15) is 5.10 Å². The molecular formula is C22H21N5O3. The topological polar surface area (TPSA) is 94.2 Å². The van der Waals surface area contributed by atoms with Crippen LogP contribution in [0.25, 0.3) is 33.6 Å². The molecular weight excluding hydrogens is 382 g/mol. The summed E-state index contributed by atoms with van der Waals surface area (Å²) in [6.07, 6.45) is 6.64. The molecule has 5 rings (SSSR count). The number of carbonyl (C=O) groups excluding carboxylic acids is 1. The molecule has 152 valence electrons. The summed E-state index contributed by atoms with van der Waals surface area (Å²) in [5.74, 6) is 0.670. The molecule has 2 N–H and O–H groups in total. The van der Waals surface area contributed by atoms with Crippen molar-refractivity contribution in [3.63, 3.8) is 0 Å². The van der Waals surface area contributed by atoms with E-state index in [0.717, 1.165) is 41.6 Å². The lowest BCUT2D eigenvalue weighted by molar-refractivity contribution is 0.102. The second-order valence-corrected chi connectivity index (χ2v) is 7.28. The molecule has 0 bridgehead atoms. The van der Waals surface area contributed by atoms with Crippen molar-refractivity contribution in [1.82, 2.24) is 20.1 Å². The first kappa shape index (κ1) is 18.4. The van der Waals surface area contributed by atoms with E-state index in [0.29, 0.717) is 17.0 Å². The number of fused-ring (bicyclic) bond motifs is 1. The van der Waals surface area contributed by atoms with Crippen molar-refractivity contribution in [2.24, 2.45) is 7.05 Å². The summed E-state index contributed by atoms with van der Waals surface area (Å²) in [5.41, 5.74) is 4.83. The minimum Gasteiger partial charge on any atom is -0.454 e. The molecule has 1 fully saturated rings. The summed E-state index contributed by atoms with van der Waals surface area (Å²) in [5, 5.41) is 10.2. The second-order valence-electron chi connectivity index (χ2n) is 7.28. The Morgan fingerprint density at radius 2 is 2.23 bits per heavy atom. The zero-order valence-electron chi connectivity index (χ0n) is 16.5. The lowest BCUT2D eigenvalue weighted by Gasteiger charge is -2.13. The van der Waals surface area contributed by atoms with Gasteiger partial charge in [0.15, 0.2) is 11.8 Å². The number of amides is 1.